The molecule has 4 heterocycles. The molecule has 0 N–H and O–H groups in total. The zero-order valence-electron chi connectivity index (χ0n) is 27.0. The molecule has 8 nitrogen and oxygen atoms in total. The van der Waals surface area contributed by atoms with Crippen LogP contribution in [0.4, 0.5) is 8.78 Å². The van der Waals surface area contributed by atoms with E-state index in [1.165, 1.54) is 12.3 Å². The summed E-state index contributed by atoms with van der Waals surface area (Å²) < 4.78 is 37.8. The molecule has 238 valence electrons. The maximum absolute atomic E-state index is 15.1. The van der Waals surface area contributed by atoms with Crippen LogP contribution >= 0.6 is 0 Å². The Labute approximate surface area is 263 Å². The van der Waals surface area contributed by atoms with Crippen molar-refractivity contribution in [1.82, 2.24) is 29.4 Å². The van der Waals surface area contributed by atoms with Gasteiger partial charge >= 0.3 is 5.97 Å². The molecule has 1 aromatic carbocycles. The second-order valence-electron chi connectivity index (χ2n) is 14.0. The van der Waals surface area contributed by atoms with E-state index in [1.807, 2.05) is 58.5 Å². The number of benzene rings is 1. The molecule has 0 radical (unpaired) electrons. The number of aromatic nitrogens is 5. The first-order valence-electron chi connectivity index (χ1n) is 15.9. The van der Waals surface area contributed by atoms with Gasteiger partial charge in [0.15, 0.2) is 5.82 Å². The summed E-state index contributed by atoms with van der Waals surface area (Å²) in [5, 5.41) is 0. The lowest BCUT2D eigenvalue weighted by molar-refractivity contribution is -0.163. The molecular formula is C35H42F2N6O2. The number of hydrogen-bond donors (Lipinski definition) is 0. The lowest BCUT2D eigenvalue weighted by atomic mass is 9.74. The van der Waals surface area contributed by atoms with Gasteiger partial charge in [0, 0.05) is 54.9 Å². The standard InChI is InChI=1S/C35H42F2N6O2/c1-20(2)43-21(3)41-33-29(36)10-24(11-31(33)43)27-12-25(38-16-30(27)37)13-32-39-14-22(15-40-32)17-42-18-23-8-7-9-26(28(23)19-42)34(44)45-35(4,5)6/h10-12,14-16,20,23,26,28H,7-9,13,17-19H2,1-6H3/t23-,26?,28+/m0/s1. The maximum atomic E-state index is 15.1. The summed E-state index contributed by atoms with van der Waals surface area (Å²) in [4.78, 5) is 33.2. The lowest BCUT2D eigenvalue weighted by Crippen LogP contribution is -2.37. The molecule has 0 spiro atoms. The Bertz CT molecular complexity index is 1710. The highest BCUT2D eigenvalue weighted by Crippen LogP contribution is 2.41. The van der Waals surface area contributed by atoms with Crippen molar-refractivity contribution in [2.75, 3.05) is 13.1 Å². The van der Waals surface area contributed by atoms with E-state index in [1.54, 1.807) is 12.1 Å². The van der Waals surface area contributed by atoms with Crippen LogP contribution in [0.15, 0.2) is 36.8 Å². The van der Waals surface area contributed by atoms with Gasteiger partial charge in [-0.05, 0) is 90.0 Å². The van der Waals surface area contributed by atoms with Gasteiger partial charge in [-0.2, -0.15) is 0 Å². The first-order valence-corrected chi connectivity index (χ1v) is 15.9. The average molecular weight is 617 g/mol. The fourth-order valence-electron chi connectivity index (χ4n) is 7.21. The van der Waals surface area contributed by atoms with E-state index in [2.05, 4.69) is 24.8 Å². The number of carbonyl (C=O) groups excluding carboxylic acids is 1. The van der Waals surface area contributed by atoms with Gasteiger partial charge in [0.2, 0.25) is 0 Å². The number of ether oxygens (including phenoxy) is 1. The number of nitrogens with zero attached hydrogens (tertiary/aromatic N) is 6. The van der Waals surface area contributed by atoms with Gasteiger partial charge in [-0.1, -0.05) is 6.42 Å². The second kappa shape index (κ2) is 12.2. The number of esters is 1. The predicted octanol–water partition coefficient (Wildman–Crippen LogP) is 6.84. The normalized spacial score (nSPS) is 20.6. The lowest BCUT2D eigenvalue weighted by Gasteiger charge is -2.33. The number of likely N-dealkylation sites (tertiary alicyclic amines) is 1. The maximum Gasteiger partial charge on any atom is 0.309 e. The van der Waals surface area contributed by atoms with Crippen molar-refractivity contribution < 1.29 is 18.3 Å². The van der Waals surface area contributed by atoms with Crippen LogP contribution in [0, 0.1) is 36.3 Å². The van der Waals surface area contributed by atoms with Gasteiger partial charge in [0.05, 0.1) is 24.1 Å². The average Bonchev–Trinajstić information content (AvgIpc) is 3.54. The molecule has 1 saturated carbocycles. The summed E-state index contributed by atoms with van der Waals surface area (Å²) >= 11 is 0. The quantitative estimate of drug-likeness (QED) is 0.210. The topological polar surface area (TPSA) is 86.0 Å². The number of aryl methyl sites for hydroxylation is 1. The van der Waals surface area contributed by atoms with Gasteiger partial charge in [0.1, 0.15) is 28.6 Å². The molecule has 4 aromatic rings. The Kier molecular flexibility index (Phi) is 8.45. The predicted molar refractivity (Wildman–Crippen MR) is 168 cm³/mol. The van der Waals surface area contributed by atoms with Crippen LogP contribution in [0.5, 0.6) is 0 Å². The van der Waals surface area contributed by atoms with Gasteiger partial charge in [0.25, 0.3) is 0 Å². The first kappa shape index (κ1) is 31.2. The number of carbonyl (C=O) groups is 1. The van der Waals surface area contributed by atoms with Crippen LogP contribution in [-0.4, -0.2) is 54.1 Å². The summed E-state index contributed by atoms with van der Waals surface area (Å²) in [6.45, 7) is 14.2. The fourth-order valence-corrected chi connectivity index (χ4v) is 7.21. The Morgan fingerprint density at radius 2 is 1.78 bits per heavy atom. The van der Waals surface area contributed by atoms with Crippen molar-refractivity contribution in [2.45, 2.75) is 85.4 Å². The molecule has 0 bridgehead atoms. The largest absolute Gasteiger partial charge is 0.460 e. The molecule has 6 rings (SSSR count). The smallest absolute Gasteiger partial charge is 0.309 e. The van der Waals surface area contributed by atoms with E-state index in [0.29, 0.717) is 53.2 Å². The highest BCUT2D eigenvalue weighted by molar-refractivity contribution is 5.83. The molecule has 0 amide bonds. The van der Waals surface area contributed by atoms with Crippen LogP contribution in [0.1, 0.15) is 82.8 Å². The summed E-state index contributed by atoms with van der Waals surface area (Å²) in [6, 6.07) is 4.84. The van der Waals surface area contributed by atoms with Gasteiger partial charge < -0.3 is 9.30 Å². The third-order valence-electron chi connectivity index (χ3n) is 9.05. The molecule has 45 heavy (non-hydrogen) atoms. The molecule has 1 aliphatic heterocycles. The number of hydrogen-bond acceptors (Lipinski definition) is 7. The summed E-state index contributed by atoms with van der Waals surface area (Å²) in [5.41, 5.74) is 2.72. The molecule has 1 aliphatic carbocycles. The highest BCUT2D eigenvalue weighted by Gasteiger charge is 2.44. The Balaban J connectivity index is 1.14. The molecular weight excluding hydrogens is 574 g/mol. The van der Waals surface area contributed by atoms with Crippen LogP contribution in [0.2, 0.25) is 0 Å². The Morgan fingerprint density at radius 3 is 2.49 bits per heavy atom. The summed E-state index contributed by atoms with van der Waals surface area (Å²) in [6.07, 6.45) is 8.24. The van der Waals surface area contributed by atoms with E-state index in [4.69, 9.17) is 4.74 Å². The Morgan fingerprint density at radius 1 is 1.02 bits per heavy atom. The van der Waals surface area contributed by atoms with Crippen molar-refractivity contribution in [2.24, 2.45) is 17.8 Å². The van der Waals surface area contributed by atoms with Crippen molar-refractivity contribution in [3.63, 3.8) is 0 Å². The van der Waals surface area contributed by atoms with Gasteiger partial charge in [-0.25, -0.2) is 23.7 Å². The van der Waals surface area contributed by atoms with Gasteiger partial charge in [-0.15, -0.1) is 0 Å². The van der Waals surface area contributed by atoms with E-state index in [0.717, 1.165) is 37.9 Å². The van der Waals surface area contributed by atoms with Crippen LogP contribution in [0.25, 0.3) is 22.2 Å². The molecule has 10 heteroatoms. The Hall–Kier alpha value is -3.79. The minimum atomic E-state index is -0.527. The number of pyridine rings is 1. The minimum Gasteiger partial charge on any atom is -0.460 e. The third-order valence-corrected chi connectivity index (χ3v) is 9.05. The first-order chi connectivity index (χ1) is 21.4. The van der Waals surface area contributed by atoms with E-state index < -0.39 is 17.2 Å². The second-order valence-corrected chi connectivity index (χ2v) is 14.0. The highest BCUT2D eigenvalue weighted by atomic mass is 19.1. The molecule has 3 aromatic heterocycles. The third kappa shape index (κ3) is 6.61. The SMILES string of the molecule is Cc1nc2c(F)cc(-c3cc(Cc4ncc(CN5C[C@@H]6CCCC(C(=O)OC(C)(C)C)[C@@H]6C5)cn4)ncc3F)cc2n1C(C)C. The summed E-state index contributed by atoms with van der Waals surface area (Å²) in [5.74, 6) is 0.975. The monoisotopic (exact) mass is 616 g/mol. The van der Waals surface area contributed by atoms with Crippen LogP contribution in [-0.2, 0) is 22.5 Å². The molecule has 1 saturated heterocycles. The van der Waals surface area contributed by atoms with Crippen molar-refractivity contribution in [3.05, 3.63) is 71.3 Å². The van der Waals surface area contributed by atoms with Crippen LogP contribution < -0.4 is 0 Å². The van der Waals surface area contributed by atoms with E-state index in [-0.39, 0.29) is 29.0 Å². The van der Waals surface area contributed by atoms with Crippen molar-refractivity contribution in [1.29, 1.82) is 0 Å². The zero-order valence-corrected chi connectivity index (χ0v) is 27.0. The van der Waals surface area contributed by atoms with Crippen molar-refractivity contribution >= 4 is 17.0 Å². The fraction of sp³-hybridized carbons (Fsp3) is 0.514. The molecule has 2 aliphatic rings. The molecule has 2 fully saturated rings. The zero-order chi connectivity index (χ0) is 32.0. The van der Waals surface area contributed by atoms with Crippen LogP contribution in [0.3, 0.4) is 0 Å². The van der Waals surface area contributed by atoms with Gasteiger partial charge in [-0.3, -0.25) is 14.7 Å². The molecule has 3 atom stereocenters. The number of rotatable bonds is 7. The number of fused-ring (bicyclic) bond motifs is 2. The van der Waals surface area contributed by atoms with E-state index in [9.17, 15) is 4.79 Å². The molecule has 1 unspecified atom stereocenters. The minimum absolute atomic E-state index is 0.0420. The van der Waals surface area contributed by atoms with E-state index >= 15 is 8.78 Å². The van der Waals surface area contributed by atoms with Crippen molar-refractivity contribution in [3.8, 4) is 11.1 Å². The number of imidazole rings is 1. The summed E-state index contributed by atoms with van der Waals surface area (Å²) in [7, 11) is 0. The number of halogens is 2.